The van der Waals surface area contributed by atoms with Gasteiger partial charge in [0, 0.05) is 10.9 Å². The van der Waals surface area contributed by atoms with E-state index in [1.807, 2.05) is 26.0 Å². The van der Waals surface area contributed by atoms with Crippen molar-refractivity contribution in [2.75, 3.05) is 12.5 Å². The Morgan fingerprint density at radius 1 is 1.06 bits per heavy atom. The lowest BCUT2D eigenvalue weighted by Crippen LogP contribution is -1.98. The molecule has 0 radical (unpaired) electrons. The lowest BCUT2D eigenvalue weighted by Gasteiger charge is -2.09. The maximum Gasteiger partial charge on any atom is 0.119 e. The third kappa shape index (κ3) is 4.23. The lowest BCUT2D eigenvalue weighted by atomic mass is 10.1. The maximum atomic E-state index is 6.08. The zero-order valence-corrected chi connectivity index (χ0v) is 11.4. The fraction of sp³-hybridized carbons (Fsp3) is 0.538. The third-order valence-corrected chi connectivity index (χ3v) is 3.32. The molecule has 90 valence electrons. The molecule has 1 rings (SSSR count). The summed E-state index contributed by atoms with van der Waals surface area (Å²) in [5.41, 5.74) is 2.13. The number of aryl methyl sites for hydroxylation is 2. The van der Waals surface area contributed by atoms with Gasteiger partial charge in [-0.3, -0.25) is 0 Å². The normalized spacial score (nSPS) is 10.5. The molecule has 0 spiro atoms. The van der Waals surface area contributed by atoms with Crippen LogP contribution in [0.15, 0.2) is 12.1 Å². The van der Waals surface area contributed by atoms with Crippen LogP contribution in [0.5, 0.6) is 5.75 Å². The summed E-state index contributed by atoms with van der Waals surface area (Å²) in [5, 5.41) is 0.828. The summed E-state index contributed by atoms with van der Waals surface area (Å²) in [6.07, 6.45) is 3.23. The Balaban J connectivity index is 2.43. The second kappa shape index (κ2) is 7.03. The fourth-order valence-electron chi connectivity index (χ4n) is 1.55. The van der Waals surface area contributed by atoms with E-state index in [1.54, 1.807) is 0 Å². The first-order chi connectivity index (χ1) is 7.65. The van der Waals surface area contributed by atoms with Crippen molar-refractivity contribution in [3.63, 3.8) is 0 Å². The number of rotatable bonds is 6. The number of hydrogen-bond donors (Lipinski definition) is 0. The number of hydrogen-bond acceptors (Lipinski definition) is 1. The van der Waals surface area contributed by atoms with Crippen molar-refractivity contribution in [2.24, 2.45) is 0 Å². The molecule has 0 saturated heterocycles. The van der Waals surface area contributed by atoms with Gasteiger partial charge in [0.2, 0.25) is 0 Å². The zero-order valence-electron chi connectivity index (χ0n) is 9.85. The van der Waals surface area contributed by atoms with Gasteiger partial charge in [-0.2, -0.15) is 0 Å². The van der Waals surface area contributed by atoms with Crippen LogP contribution in [0.25, 0.3) is 0 Å². The van der Waals surface area contributed by atoms with E-state index in [0.717, 1.165) is 53.6 Å². The van der Waals surface area contributed by atoms with Crippen LogP contribution < -0.4 is 4.74 Å². The largest absolute Gasteiger partial charge is 0.494 e. The van der Waals surface area contributed by atoms with Gasteiger partial charge in [-0.1, -0.05) is 11.6 Å². The van der Waals surface area contributed by atoms with E-state index in [0.29, 0.717) is 0 Å². The molecule has 3 heteroatoms. The van der Waals surface area contributed by atoms with Crippen LogP contribution in [-0.2, 0) is 0 Å². The highest BCUT2D eigenvalue weighted by Crippen LogP contribution is 2.25. The summed E-state index contributed by atoms with van der Waals surface area (Å²) in [4.78, 5) is 0. The summed E-state index contributed by atoms with van der Waals surface area (Å²) in [7, 11) is 0. The van der Waals surface area contributed by atoms with Crippen molar-refractivity contribution < 1.29 is 4.74 Å². The van der Waals surface area contributed by atoms with E-state index in [2.05, 4.69) is 0 Å². The van der Waals surface area contributed by atoms with Crippen molar-refractivity contribution in [3.05, 3.63) is 28.3 Å². The van der Waals surface area contributed by atoms with Gasteiger partial charge in [-0.15, -0.1) is 11.6 Å². The molecular formula is C13H18Cl2O. The van der Waals surface area contributed by atoms with Crippen molar-refractivity contribution in [1.29, 1.82) is 0 Å². The number of alkyl halides is 1. The molecule has 0 aliphatic rings. The maximum absolute atomic E-state index is 6.08. The molecule has 0 unspecified atom stereocenters. The number of benzene rings is 1. The molecule has 0 bridgehead atoms. The van der Waals surface area contributed by atoms with Gasteiger partial charge in [-0.05, 0) is 56.4 Å². The van der Waals surface area contributed by atoms with E-state index in [4.69, 9.17) is 27.9 Å². The minimum atomic E-state index is 0.735. The first kappa shape index (κ1) is 13.7. The molecule has 0 aromatic heterocycles. The van der Waals surface area contributed by atoms with Gasteiger partial charge in [0.1, 0.15) is 5.75 Å². The molecule has 16 heavy (non-hydrogen) atoms. The number of ether oxygens (including phenoxy) is 1. The summed E-state index contributed by atoms with van der Waals surface area (Å²) < 4.78 is 5.67. The van der Waals surface area contributed by atoms with Crippen molar-refractivity contribution in [2.45, 2.75) is 33.1 Å². The quantitative estimate of drug-likeness (QED) is 0.530. The Morgan fingerprint density at radius 3 is 2.25 bits per heavy atom. The molecule has 0 heterocycles. The molecule has 0 aliphatic heterocycles. The van der Waals surface area contributed by atoms with Gasteiger partial charge >= 0.3 is 0 Å². The van der Waals surface area contributed by atoms with Crippen LogP contribution in [0.3, 0.4) is 0 Å². The monoisotopic (exact) mass is 260 g/mol. The zero-order chi connectivity index (χ0) is 12.0. The van der Waals surface area contributed by atoms with Crippen LogP contribution in [0.1, 0.15) is 30.4 Å². The molecule has 0 amide bonds. The lowest BCUT2D eigenvalue weighted by molar-refractivity contribution is 0.306. The average Bonchev–Trinajstić information content (AvgIpc) is 2.25. The van der Waals surface area contributed by atoms with E-state index < -0.39 is 0 Å². The van der Waals surface area contributed by atoms with Gasteiger partial charge < -0.3 is 4.74 Å². The van der Waals surface area contributed by atoms with Gasteiger partial charge in [0.05, 0.1) is 6.61 Å². The first-order valence-electron chi connectivity index (χ1n) is 5.60. The van der Waals surface area contributed by atoms with Crippen molar-refractivity contribution in [3.8, 4) is 5.75 Å². The highest BCUT2D eigenvalue weighted by molar-refractivity contribution is 6.32. The van der Waals surface area contributed by atoms with Crippen molar-refractivity contribution >= 4 is 23.2 Å². The Hall–Kier alpha value is -0.400. The highest BCUT2D eigenvalue weighted by Gasteiger charge is 2.03. The van der Waals surface area contributed by atoms with Crippen LogP contribution in [-0.4, -0.2) is 12.5 Å². The second-order valence-electron chi connectivity index (χ2n) is 3.97. The Bertz CT molecular complexity index is 314. The third-order valence-electron chi connectivity index (χ3n) is 2.46. The van der Waals surface area contributed by atoms with E-state index in [1.165, 1.54) is 0 Å². The van der Waals surface area contributed by atoms with Gasteiger partial charge in [-0.25, -0.2) is 0 Å². The van der Waals surface area contributed by atoms with Crippen LogP contribution in [0.2, 0.25) is 5.02 Å². The molecule has 0 N–H and O–H groups in total. The first-order valence-corrected chi connectivity index (χ1v) is 6.52. The Morgan fingerprint density at radius 2 is 1.69 bits per heavy atom. The van der Waals surface area contributed by atoms with Crippen LogP contribution >= 0.6 is 23.2 Å². The summed E-state index contributed by atoms with van der Waals surface area (Å²) in [5.74, 6) is 1.64. The smallest absolute Gasteiger partial charge is 0.119 e. The Kier molecular flexibility index (Phi) is 6.00. The van der Waals surface area contributed by atoms with Crippen molar-refractivity contribution in [1.82, 2.24) is 0 Å². The van der Waals surface area contributed by atoms with Gasteiger partial charge in [0.15, 0.2) is 0 Å². The van der Waals surface area contributed by atoms with Gasteiger partial charge in [0.25, 0.3) is 0 Å². The summed E-state index contributed by atoms with van der Waals surface area (Å²) in [6.45, 7) is 4.74. The molecule has 0 saturated carbocycles. The molecule has 0 atom stereocenters. The van der Waals surface area contributed by atoms with Crippen LogP contribution in [0, 0.1) is 13.8 Å². The molecule has 1 nitrogen and oxygen atoms in total. The highest BCUT2D eigenvalue weighted by atomic mass is 35.5. The minimum Gasteiger partial charge on any atom is -0.494 e. The molecule has 0 aliphatic carbocycles. The number of unbranched alkanes of at least 4 members (excludes halogenated alkanes) is 2. The number of halogens is 2. The predicted octanol–water partition coefficient (Wildman–Crippen LogP) is 4.74. The molecule has 0 fully saturated rings. The van der Waals surface area contributed by atoms with E-state index in [-0.39, 0.29) is 0 Å². The van der Waals surface area contributed by atoms with E-state index >= 15 is 0 Å². The average molecular weight is 261 g/mol. The predicted molar refractivity (Wildman–Crippen MR) is 71.0 cm³/mol. The van der Waals surface area contributed by atoms with Crippen LogP contribution in [0.4, 0.5) is 0 Å². The molecular weight excluding hydrogens is 243 g/mol. The topological polar surface area (TPSA) is 9.23 Å². The Labute approximate surface area is 108 Å². The second-order valence-corrected chi connectivity index (χ2v) is 4.73. The fourth-order valence-corrected chi connectivity index (χ4v) is 1.85. The summed E-state index contributed by atoms with van der Waals surface area (Å²) >= 11 is 11.7. The molecule has 1 aromatic rings. The van der Waals surface area contributed by atoms with E-state index in [9.17, 15) is 0 Å². The minimum absolute atomic E-state index is 0.735. The SMILES string of the molecule is Cc1cc(OCCCCCCl)cc(C)c1Cl. The standard InChI is InChI=1S/C13H18Cl2O/c1-10-8-12(9-11(2)13(10)15)16-7-5-3-4-6-14/h8-9H,3-7H2,1-2H3. The summed E-state index contributed by atoms with van der Waals surface area (Å²) in [6, 6.07) is 3.97. The molecule has 1 aromatic carbocycles.